The molecule has 13 heteroatoms. The molecule has 0 atom stereocenters. The minimum absolute atomic E-state index is 0.834. The van der Waals surface area contributed by atoms with Gasteiger partial charge in [-0.15, -0.1) is 17.1 Å². The summed E-state index contributed by atoms with van der Waals surface area (Å²) in [4.78, 5) is 0. The molecule has 0 unspecified atom stereocenters. The van der Waals surface area contributed by atoms with Crippen molar-refractivity contribution >= 4 is 36.3 Å². The van der Waals surface area contributed by atoms with E-state index in [1.807, 2.05) is 138 Å². The minimum atomic E-state index is -10.7. The molecule has 6 nitrogen and oxygen atoms in total. The number of nitrogens with zero attached hydrogens (tertiary/aromatic N) is 4. The summed E-state index contributed by atoms with van der Waals surface area (Å²) in [5.74, 6) is 2.53. The van der Waals surface area contributed by atoms with E-state index in [1.165, 1.54) is 5.56 Å². The molecule has 0 fully saturated rings. The predicted molar refractivity (Wildman–Crippen MR) is 204 cm³/mol. The van der Waals surface area contributed by atoms with Gasteiger partial charge in [0.25, 0.3) is 0 Å². The summed E-state index contributed by atoms with van der Waals surface area (Å²) in [6.45, 7) is 0. The molecule has 1 aliphatic heterocycles. The van der Waals surface area contributed by atoms with Gasteiger partial charge in [-0.1, -0.05) is 132 Å². The van der Waals surface area contributed by atoms with Crippen molar-refractivity contribution in [2.24, 2.45) is 10.3 Å². The Morgan fingerprint density at radius 2 is 0.962 bits per heavy atom. The van der Waals surface area contributed by atoms with E-state index in [1.54, 1.807) is 0 Å². The largest absolute Gasteiger partial charge is 0.260 e. The first-order valence-corrected chi connectivity index (χ1v) is 17.9. The number of rotatable bonds is 6. The third kappa shape index (κ3) is 16.0. The topological polar surface area (TPSA) is 55.3 Å². The number of para-hydroxylation sites is 3. The number of halogens is 6. The third-order valence-electron chi connectivity index (χ3n) is 6.63. The van der Waals surface area contributed by atoms with Crippen molar-refractivity contribution in [3.63, 3.8) is 0 Å². The first-order chi connectivity index (χ1) is 25.2. The molecule has 0 saturated heterocycles. The Hall–Kier alpha value is -6.41. The maximum absolute atomic E-state index is 10.7. The fourth-order valence-electron chi connectivity index (χ4n) is 4.36. The summed E-state index contributed by atoms with van der Waals surface area (Å²) in [5, 5.41) is 12.0. The molecule has 0 spiro atoms. The van der Waals surface area contributed by atoms with Crippen LogP contribution in [-0.2, 0) is 0 Å². The SMILES string of the molecule is C#Cc1ccccc1.C1=C(c2ccccc2)N(c2ccccc2)NN1c1ccccc1.F[P-](F)(F)(F)(F)F.c1ccc(N=NNc2ccccc2)cc1. The zero-order valence-electron chi connectivity index (χ0n) is 28.0. The van der Waals surface area contributed by atoms with Crippen molar-refractivity contribution in [3.8, 4) is 12.3 Å². The molecular formula is C40H34F6N6P-. The second-order valence-electron chi connectivity index (χ2n) is 10.8. The fraction of sp³-hybridized carbons (Fsp3) is 0. The Morgan fingerprint density at radius 3 is 1.43 bits per heavy atom. The molecular weight excluding hydrogens is 709 g/mol. The van der Waals surface area contributed by atoms with Gasteiger partial charge in [-0.2, -0.15) is 0 Å². The van der Waals surface area contributed by atoms with Gasteiger partial charge in [0.15, 0.2) is 0 Å². The van der Waals surface area contributed by atoms with Crippen LogP contribution in [-0.4, -0.2) is 0 Å². The van der Waals surface area contributed by atoms with E-state index < -0.39 is 7.81 Å². The van der Waals surface area contributed by atoms with Gasteiger partial charge in [-0.25, -0.2) is 0 Å². The van der Waals surface area contributed by atoms with Crippen LogP contribution in [0.3, 0.4) is 0 Å². The van der Waals surface area contributed by atoms with E-state index in [0.29, 0.717) is 0 Å². The Bertz CT molecular complexity index is 2060. The molecule has 0 saturated carbocycles. The molecule has 6 aromatic carbocycles. The number of hydrogen-bond acceptors (Lipinski definition) is 5. The maximum atomic E-state index is 9.87. The zero-order chi connectivity index (χ0) is 38.1. The van der Waals surface area contributed by atoms with Crippen LogP contribution in [0.2, 0.25) is 0 Å². The third-order valence-corrected chi connectivity index (χ3v) is 6.63. The predicted octanol–water partition coefficient (Wildman–Crippen LogP) is 13.3. The normalized spacial score (nSPS) is 13.3. The molecule has 7 rings (SSSR count). The average Bonchev–Trinajstić information content (AvgIpc) is 3.62. The minimum Gasteiger partial charge on any atom is -0.260 e. The molecule has 0 radical (unpaired) electrons. The average molecular weight is 744 g/mol. The van der Waals surface area contributed by atoms with Crippen molar-refractivity contribution in [1.82, 2.24) is 5.53 Å². The standard InChI is InChI=1S/C20H17N3.C12H11N3.C8H6.F6P/c1-4-10-17(11-5-1)20-16-22(18-12-6-2-7-13-18)21-23(20)19-14-8-3-9-15-19;1-3-7-11(8-4-1)13-15-14-12-9-5-2-6-10-12;1-2-8-6-4-3-5-7-8;1-7(2,3,4,5)6/h1-16,21H;1-10H,(H,13,14);1,3-7H;/q;;;-1. The first-order valence-electron chi connectivity index (χ1n) is 15.8. The second-order valence-corrected chi connectivity index (χ2v) is 12.8. The molecule has 0 aliphatic carbocycles. The van der Waals surface area contributed by atoms with Crippen molar-refractivity contribution in [1.29, 1.82) is 0 Å². The molecule has 1 heterocycles. The van der Waals surface area contributed by atoms with Crippen molar-refractivity contribution in [2.75, 3.05) is 15.4 Å². The van der Waals surface area contributed by atoms with Crippen LogP contribution >= 0.6 is 7.81 Å². The number of hydrogen-bond donors (Lipinski definition) is 2. The van der Waals surface area contributed by atoms with E-state index >= 15 is 0 Å². The van der Waals surface area contributed by atoms with E-state index in [-0.39, 0.29) is 0 Å². The van der Waals surface area contributed by atoms with Crippen LogP contribution in [0.15, 0.2) is 199 Å². The van der Waals surface area contributed by atoms with Gasteiger partial charge in [-0.3, -0.25) is 15.4 Å². The molecule has 6 aromatic rings. The van der Waals surface area contributed by atoms with Crippen LogP contribution in [0.4, 0.5) is 47.9 Å². The first kappa shape index (κ1) is 39.4. The quantitative estimate of drug-likeness (QED) is 0.0586. The van der Waals surface area contributed by atoms with Crippen molar-refractivity contribution < 1.29 is 25.2 Å². The summed E-state index contributed by atoms with van der Waals surface area (Å²) in [5.41, 5.74) is 13.5. The van der Waals surface area contributed by atoms with Crippen LogP contribution in [0.5, 0.6) is 0 Å². The van der Waals surface area contributed by atoms with Crippen molar-refractivity contribution in [2.45, 2.75) is 0 Å². The zero-order valence-corrected chi connectivity index (χ0v) is 28.9. The van der Waals surface area contributed by atoms with Gasteiger partial charge in [0, 0.05) is 17.3 Å². The van der Waals surface area contributed by atoms with Crippen molar-refractivity contribution in [3.05, 3.63) is 199 Å². The summed E-state index contributed by atoms with van der Waals surface area (Å²) in [7, 11) is -10.7. The van der Waals surface area contributed by atoms with E-state index in [2.05, 4.69) is 87.0 Å². The Balaban J connectivity index is 0.000000179. The van der Waals surface area contributed by atoms with Gasteiger partial charge in [-0.05, 0) is 60.7 Å². The summed E-state index contributed by atoms with van der Waals surface area (Å²) in [6, 6.07) is 59.9. The smallest absolute Gasteiger partial charge is 0.0874 e. The molecule has 0 bridgehead atoms. The summed E-state index contributed by atoms with van der Waals surface area (Å²) < 4.78 is 59.2. The van der Waals surface area contributed by atoms with Gasteiger partial charge >= 0.3 is 33.0 Å². The summed E-state index contributed by atoms with van der Waals surface area (Å²) >= 11 is 0. The van der Waals surface area contributed by atoms with Gasteiger partial charge in [0.05, 0.1) is 28.4 Å². The van der Waals surface area contributed by atoms with Crippen LogP contribution < -0.4 is 21.0 Å². The van der Waals surface area contributed by atoms with E-state index in [9.17, 15) is 25.2 Å². The van der Waals surface area contributed by atoms with Gasteiger partial charge in [0.1, 0.15) is 0 Å². The van der Waals surface area contributed by atoms with Crippen LogP contribution in [0.1, 0.15) is 11.1 Å². The monoisotopic (exact) mass is 743 g/mol. The number of benzene rings is 6. The van der Waals surface area contributed by atoms with E-state index in [0.717, 1.165) is 34.0 Å². The summed E-state index contributed by atoms with van der Waals surface area (Å²) in [6.07, 6.45) is 7.22. The molecule has 1 aliphatic rings. The van der Waals surface area contributed by atoms with Gasteiger partial charge < -0.3 is 0 Å². The van der Waals surface area contributed by atoms with Gasteiger partial charge in [0.2, 0.25) is 0 Å². The second kappa shape index (κ2) is 17.7. The number of hydrazine groups is 2. The Kier molecular flexibility index (Phi) is 13.1. The molecule has 272 valence electrons. The molecule has 2 N–H and O–H groups in total. The molecule has 53 heavy (non-hydrogen) atoms. The number of terminal acetylenes is 1. The van der Waals surface area contributed by atoms with Crippen LogP contribution in [0, 0.1) is 12.3 Å². The fourth-order valence-corrected chi connectivity index (χ4v) is 4.36. The Labute approximate surface area is 303 Å². The van der Waals surface area contributed by atoms with E-state index in [4.69, 9.17) is 6.42 Å². The van der Waals surface area contributed by atoms with Crippen LogP contribution in [0.25, 0.3) is 5.70 Å². The molecule has 0 amide bonds. The number of anilines is 3. The number of nitrogens with one attached hydrogen (secondary N) is 2. The Morgan fingerprint density at radius 1 is 0.547 bits per heavy atom. The molecule has 0 aromatic heterocycles. The maximum Gasteiger partial charge on any atom is 0.0874 e.